The molecule has 1 atom stereocenters. The van der Waals surface area contributed by atoms with Crippen molar-refractivity contribution >= 4 is 5.91 Å². The van der Waals surface area contributed by atoms with Crippen LogP contribution in [0.15, 0.2) is 24.3 Å². The van der Waals surface area contributed by atoms with Crippen LogP contribution in [0.2, 0.25) is 0 Å². The second kappa shape index (κ2) is 5.76. The van der Waals surface area contributed by atoms with E-state index in [2.05, 4.69) is 0 Å². The fraction of sp³-hybridized carbons (Fsp3) is 0.467. The summed E-state index contributed by atoms with van der Waals surface area (Å²) in [6, 6.07) is 7.12. The number of nitriles is 1. The van der Waals surface area contributed by atoms with Crippen LogP contribution in [0.25, 0.3) is 0 Å². The highest BCUT2D eigenvalue weighted by Gasteiger charge is 2.40. The SMILES string of the molecule is CC(C1CC1)N(CC(F)(F)F)C(=O)c1ccc(C#N)cc1. The zero-order valence-electron chi connectivity index (χ0n) is 11.5. The van der Waals surface area contributed by atoms with Gasteiger partial charge in [0.25, 0.3) is 5.91 Å². The van der Waals surface area contributed by atoms with Crippen molar-refractivity contribution in [1.82, 2.24) is 4.90 Å². The normalized spacial score (nSPS) is 16.1. The number of carbonyl (C=O) groups excluding carboxylic acids is 1. The van der Waals surface area contributed by atoms with Crippen LogP contribution in [0.4, 0.5) is 13.2 Å². The van der Waals surface area contributed by atoms with Gasteiger partial charge in [-0.15, -0.1) is 0 Å². The molecule has 0 radical (unpaired) electrons. The number of alkyl halides is 3. The Balaban J connectivity index is 2.21. The van der Waals surface area contributed by atoms with Gasteiger partial charge >= 0.3 is 6.18 Å². The monoisotopic (exact) mass is 296 g/mol. The molecule has 2 rings (SSSR count). The van der Waals surface area contributed by atoms with Crippen molar-refractivity contribution in [3.05, 3.63) is 35.4 Å². The number of carbonyl (C=O) groups is 1. The molecule has 6 heteroatoms. The average Bonchev–Trinajstić information content (AvgIpc) is 3.27. The molecule has 0 bridgehead atoms. The molecule has 21 heavy (non-hydrogen) atoms. The Bertz CT molecular complexity index is 556. The molecule has 1 fully saturated rings. The zero-order chi connectivity index (χ0) is 15.6. The van der Waals surface area contributed by atoms with Gasteiger partial charge in [-0.1, -0.05) is 0 Å². The predicted molar refractivity (Wildman–Crippen MR) is 70.4 cm³/mol. The molecule has 3 nitrogen and oxygen atoms in total. The van der Waals surface area contributed by atoms with Crippen LogP contribution in [0, 0.1) is 17.2 Å². The number of rotatable bonds is 4. The van der Waals surface area contributed by atoms with Gasteiger partial charge in [0, 0.05) is 11.6 Å². The standard InChI is InChI=1S/C15H15F3N2O/c1-10(12-6-7-12)20(9-15(16,17)18)14(21)13-4-2-11(8-19)3-5-13/h2-5,10,12H,6-7,9H2,1H3. The largest absolute Gasteiger partial charge is 0.406 e. The van der Waals surface area contributed by atoms with Gasteiger partial charge in [-0.05, 0) is 49.9 Å². The fourth-order valence-corrected chi connectivity index (χ4v) is 2.28. The van der Waals surface area contributed by atoms with Crippen LogP contribution in [0.3, 0.4) is 0 Å². The highest BCUT2D eigenvalue weighted by atomic mass is 19.4. The van der Waals surface area contributed by atoms with E-state index in [0.717, 1.165) is 17.7 Å². The number of hydrogen-bond acceptors (Lipinski definition) is 2. The lowest BCUT2D eigenvalue weighted by molar-refractivity contribution is -0.144. The van der Waals surface area contributed by atoms with Gasteiger partial charge in [0.1, 0.15) is 6.54 Å². The van der Waals surface area contributed by atoms with Crippen molar-refractivity contribution in [1.29, 1.82) is 5.26 Å². The molecule has 1 aliphatic carbocycles. The van der Waals surface area contributed by atoms with E-state index in [1.165, 1.54) is 24.3 Å². The quantitative estimate of drug-likeness (QED) is 0.855. The molecule has 0 saturated heterocycles. The lowest BCUT2D eigenvalue weighted by atomic mass is 10.1. The van der Waals surface area contributed by atoms with E-state index in [0.29, 0.717) is 5.56 Å². The lowest BCUT2D eigenvalue weighted by Crippen LogP contribution is -2.45. The summed E-state index contributed by atoms with van der Waals surface area (Å²) in [5.41, 5.74) is 0.537. The van der Waals surface area contributed by atoms with Crippen molar-refractivity contribution in [2.75, 3.05) is 6.54 Å². The highest BCUT2D eigenvalue weighted by Crippen LogP contribution is 2.36. The van der Waals surface area contributed by atoms with Gasteiger partial charge in [0.05, 0.1) is 11.6 Å². The Kier molecular flexibility index (Phi) is 4.21. The van der Waals surface area contributed by atoms with Crippen LogP contribution in [-0.4, -0.2) is 29.6 Å². The predicted octanol–water partition coefficient (Wildman–Crippen LogP) is 3.36. The molecular formula is C15H15F3N2O. The maximum Gasteiger partial charge on any atom is 0.406 e. The first kappa shape index (κ1) is 15.4. The summed E-state index contributed by atoms with van der Waals surface area (Å²) in [5.74, 6) is -0.495. The van der Waals surface area contributed by atoms with E-state index in [9.17, 15) is 18.0 Å². The number of halogens is 3. The summed E-state index contributed by atoms with van der Waals surface area (Å²) in [4.78, 5) is 13.2. The van der Waals surface area contributed by atoms with E-state index in [1.54, 1.807) is 6.92 Å². The van der Waals surface area contributed by atoms with Crippen LogP contribution in [0.5, 0.6) is 0 Å². The van der Waals surface area contributed by atoms with Gasteiger partial charge in [-0.3, -0.25) is 4.79 Å². The third kappa shape index (κ3) is 3.97. The van der Waals surface area contributed by atoms with E-state index in [4.69, 9.17) is 5.26 Å². The Morgan fingerprint density at radius 2 is 1.95 bits per heavy atom. The first-order chi connectivity index (χ1) is 9.81. The molecule has 1 amide bonds. The van der Waals surface area contributed by atoms with E-state index < -0.39 is 24.7 Å². The molecule has 0 aliphatic heterocycles. The fourth-order valence-electron chi connectivity index (χ4n) is 2.28. The van der Waals surface area contributed by atoms with Crippen molar-refractivity contribution < 1.29 is 18.0 Å². The van der Waals surface area contributed by atoms with Crippen LogP contribution < -0.4 is 0 Å². The minimum Gasteiger partial charge on any atom is -0.327 e. The Labute approximate surface area is 121 Å². The number of nitrogens with zero attached hydrogens (tertiary/aromatic N) is 2. The van der Waals surface area contributed by atoms with E-state index in [-0.39, 0.29) is 11.5 Å². The van der Waals surface area contributed by atoms with E-state index in [1.807, 2.05) is 6.07 Å². The number of benzene rings is 1. The minimum atomic E-state index is -4.43. The zero-order valence-corrected chi connectivity index (χ0v) is 11.5. The summed E-state index contributed by atoms with van der Waals surface area (Å²) in [6.45, 7) is 0.411. The second-order valence-corrected chi connectivity index (χ2v) is 5.32. The van der Waals surface area contributed by atoms with Gasteiger partial charge < -0.3 is 4.90 Å². The van der Waals surface area contributed by atoms with Gasteiger partial charge in [-0.25, -0.2) is 0 Å². The molecule has 112 valence electrons. The summed E-state index contributed by atoms with van der Waals surface area (Å²) in [5, 5.41) is 8.70. The first-order valence-electron chi connectivity index (χ1n) is 6.69. The van der Waals surface area contributed by atoms with Crippen LogP contribution in [0.1, 0.15) is 35.7 Å². The molecule has 1 aromatic rings. The molecule has 0 heterocycles. The first-order valence-corrected chi connectivity index (χ1v) is 6.69. The molecule has 0 spiro atoms. The molecule has 1 aromatic carbocycles. The van der Waals surface area contributed by atoms with Gasteiger partial charge in [0.2, 0.25) is 0 Å². The second-order valence-electron chi connectivity index (χ2n) is 5.32. The third-order valence-electron chi connectivity index (χ3n) is 3.67. The molecule has 1 unspecified atom stereocenters. The summed E-state index contributed by atoms with van der Waals surface area (Å²) in [7, 11) is 0. The van der Waals surface area contributed by atoms with Crippen molar-refractivity contribution in [2.24, 2.45) is 5.92 Å². The Morgan fingerprint density at radius 3 is 2.38 bits per heavy atom. The van der Waals surface area contributed by atoms with Gasteiger partial charge in [0.15, 0.2) is 0 Å². The summed E-state index contributed by atoms with van der Waals surface area (Å²) < 4.78 is 38.1. The number of hydrogen-bond donors (Lipinski definition) is 0. The molecule has 0 aromatic heterocycles. The summed E-state index contributed by atoms with van der Waals surface area (Å²) >= 11 is 0. The Hall–Kier alpha value is -2.03. The molecule has 1 aliphatic rings. The molecule has 0 N–H and O–H groups in total. The minimum absolute atomic E-state index is 0.148. The smallest absolute Gasteiger partial charge is 0.327 e. The van der Waals surface area contributed by atoms with E-state index >= 15 is 0 Å². The number of amides is 1. The highest BCUT2D eigenvalue weighted by molar-refractivity contribution is 5.94. The topological polar surface area (TPSA) is 44.1 Å². The van der Waals surface area contributed by atoms with Crippen molar-refractivity contribution in [3.63, 3.8) is 0 Å². The van der Waals surface area contributed by atoms with Crippen LogP contribution in [-0.2, 0) is 0 Å². The molecule has 1 saturated carbocycles. The van der Waals surface area contributed by atoms with Crippen molar-refractivity contribution in [2.45, 2.75) is 32.0 Å². The maximum absolute atomic E-state index is 12.7. The van der Waals surface area contributed by atoms with Crippen LogP contribution >= 0.6 is 0 Å². The Morgan fingerprint density at radius 1 is 1.38 bits per heavy atom. The molecular weight excluding hydrogens is 281 g/mol. The average molecular weight is 296 g/mol. The van der Waals surface area contributed by atoms with Crippen molar-refractivity contribution in [3.8, 4) is 6.07 Å². The third-order valence-corrected chi connectivity index (χ3v) is 3.67. The summed E-state index contributed by atoms with van der Waals surface area (Å²) in [6.07, 6.45) is -2.71. The maximum atomic E-state index is 12.7. The van der Waals surface area contributed by atoms with Gasteiger partial charge in [-0.2, -0.15) is 18.4 Å². The lowest BCUT2D eigenvalue weighted by Gasteiger charge is -2.30.